The number of carbonyl (C=O) groups is 1. The summed E-state index contributed by atoms with van der Waals surface area (Å²) >= 11 is 5.71. The molecule has 1 aromatic heterocycles. The maximum Gasteiger partial charge on any atom is 0.152 e. The number of phenols is 1. The Morgan fingerprint density at radius 2 is 2.23 bits per heavy atom. The molecule has 0 unspecified atom stereocenters. The zero-order valence-electron chi connectivity index (χ0n) is 6.54. The predicted molar refractivity (Wildman–Crippen MR) is 50.4 cm³/mol. The number of nitrogens with one attached hydrogen (secondary N) is 1. The summed E-state index contributed by atoms with van der Waals surface area (Å²) in [5.74, 6) is 0.0193. The number of aldehydes is 1. The van der Waals surface area contributed by atoms with E-state index in [2.05, 4.69) is 4.98 Å². The Morgan fingerprint density at radius 1 is 1.46 bits per heavy atom. The molecule has 4 heteroatoms. The van der Waals surface area contributed by atoms with E-state index < -0.39 is 0 Å². The number of aromatic nitrogens is 1. The first kappa shape index (κ1) is 8.13. The van der Waals surface area contributed by atoms with E-state index in [4.69, 9.17) is 11.6 Å². The van der Waals surface area contributed by atoms with Crippen molar-refractivity contribution in [2.45, 2.75) is 0 Å². The Morgan fingerprint density at radius 3 is 2.92 bits per heavy atom. The molecule has 66 valence electrons. The van der Waals surface area contributed by atoms with Gasteiger partial charge in [0.15, 0.2) is 6.29 Å². The van der Waals surface area contributed by atoms with Gasteiger partial charge in [-0.25, -0.2) is 0 Å². The number of benzene rings is 1. The number of carbonyl (C=O) groups excluding carboxylic acids is 1. The Balaban J connectivity index is 2.89. The average Bonchev–Trinajstić information content (AvgIpc) is 2.47. The van der Waals surface area contributed by atoms with Gasteiger partial charge in [0.05, 0.1) is 10.9 Å². The minimum atomic E-state index is 0.0193. The van der Waals surface area contributed by atoms with Crippen LogP contribution in [0.2, 0.25) is 5.02 Å². The van der Waals surface area contributed by atoms with Gasteiger partial charge >= 0.3 is 0 Å². The second-order valence-corrected chi connectivity index (χ2v) is 3.15. The monoisotopic (exact) mass is 195 g/mol. The minimum absolute atomic E-state index is 0.0193. The SMILES string of the molecule is O=Cc1c[nH]c2cc(Cl)cc(O)c12. The van der Waals surface area contributed by atoms with E-state index in [1.54, 1.807) is 6.07 Å². The molecule has 0 aliphatic rings. The average molecular weight is 196 g/mol. The zero-order valence-corrected chi connectivity index (χ0v) is 7.30. The molecule has 0 fully saturated rings. The largest absolute Gasteiger partial charge is 0.507 e. The highest BCUT2D eigenvalue weighted by Crippen LogP contribution is 2.30. The quantitative estimate of drug-likeness (QED) is 0.687. The van der Waals surface area contributed by atoms with Crippen LogP contribution in [0.4, 0.5) is 0 Å². The highest BCUT2D eigenvalue weighted by atomic mass is 35.5. The van der Waals surface area contributed by atoms with E-state index in [1.165, 1.54) is 12.3 Å². The van der Waals surface area contributed by atoms with Crippen LogP contribution in [0.1, 0.15) is 10.4 Å². The van der Waals surface area contributed by atoms with Crippen LogP contribution in [-0.2, 0) is 0 Å². The van der Waals surface area contributed by atoms with Crippen molar-refractivity contribution in [2.24, 2.45) is 0 Å². The number of fused-ring (bicyclic) bond motifs is 1. The maximum atomic E-state index is 10.6. The molecule has 0 amide bonds. The summed E-state index contributed by atoms with van der Waals surface area (Å²) in [6.45, 7) is 0. The van der Waals surface area contributed by atoms with Gasteiger partial charge in [-0.05, 0) is 12.1 Å². The van der Waals surface area contributed by atoms with Crippen molar-refractivity contribution < 1.29 is 9.90 Å². The minimum Gasteiger partial charge on any atom is -0.507 e. The number of hydrogen-bond donors (Lipinski definition) is 2. The molecule has 1 aromatic carbocycles. The van der Waals surface area contributed by atoms with E-state index in [0.717, 1.165) is 0 Å². The normalized spacial score (nSPS) is 10.5. The zero-order chi connectivity index (χ0) is 9.42. The van der Waals surface area contributed by atoms with Crippen molar-refractivity contribution in [1.82, 2.24) is 4.98 Å². The van der Waals surface area contributed by atoms with Gasteiger partial charge in [0.25, 0.3) is 0 Å². The number of hydrogen-bond acceptors (Lipinski definition) is 2. The van der Waals surface area contributed by atoms with Crippen LogP contribution in [0.15, 0.2) is 18.3 Å². The van der Waals surface area contributed by atoms with Crippen LogP contribution < -0.4 is 0 Å². The number of halogens is 1. The third-order valence-corrected chi connectivity index (χ3v) is 2.10. The molecule has 2 rings (SSSR count). The molecule has 0 saturated carbocycles. The molecule has 0 atom stereocenters. The highest BCUT2D eigenvalue weighted by molar-refractivity contribution is 6.31. The molecular formula is C9H6ClNO2. The van der Waals surface area contributed by atoms with Gasteiger partial charge in [-0.3, -0.25) is 4.79 Å². The maximum absolute atomic E-state index is 10.6. The van der Waals surface area contributed by atoms with Gasteiger partial charge in [-0.2, -0.15) is 0 Å². The summed E-state index contributed by atoms with van der Waals surface area (Å²) in [5, 5.41) is 10.4. The summed E-state index contributed by atoms with van der Waals surface area (Å²) in [4.78, 5) is 13.4. The van der Waals surface area contributed by atoms with Crippen LogP contribution in [-0.4, -0.2) is 16.4 Å². The molecule has 0 radical (unpaired) electrons. The fourth-order valence-electron chi connectivity index (χ4n) is 1.33. The van der Waals surface area contributed by atoms with Crippen molar-refractivity contribution in [1.29, 1.82) is 0 Å². The van der Waals surface area contributed by atoms with Crippen molar-refractivity contribution in [3.63, 3.8) is 0 Å². The lowest BCUT2D eigenvalue weighted by Crippen LogP contribution is -1.76. The van der Waals surface area contributed by atoms with E-state index in [9.17, 15) is 9.90 Å². The van der Waals surface area contributed by atoms with Crippen molar-refractivity contribution >= 4 is 28.8 Å². The molecule has 0 saturated heterocycles. The van der Waals surface area contributed by atoms with Gasteiger partial charge in [0.1, 0.15) is 5.75 Å². The first-order valence-corrected chi connectivity index (χ1v) is 4.05. The second kappa shape index (κ2) is 2.78. The summed E-state index contributed by atoms with van der Waals surface area (Å²) in [5.41, 5.74) is 1.09. The summed E-state index contributed by atoms with van der Waals surface area (Å²) in [7, 11) is 0. The molecule has 2 aromatic rings. The predicted octanol–water partition coefficient (Wildman–Crippen LogP) is 2.34. The van der Waals surface area contributed by atoms with Crippen LogP contribution in [0, 0.1) is 0 Å². The number of aromatic hydroxyl groups is 1. The number of phenolic OH excluding ortho intramolecular Hbond substituents is 1. The standard InChI is InChI=1S/C9H6ClNO2/c10-6-1-7-9(8(13)2-6)5(4-12)3-11-7/h1-4,11,13H. The van der Waals surface area contributed by atoms with Gasteiger partial charge < -0.3 is 10.1 Å². The van der Waals surface area contributed by atoms with Crippen LogP contribution in [0.3, 0.4) is 0 Å². The number of rotatable bonds is 1. The van der Waals surface area contributed by atoms with Crippen molar-refractivity contribution in [3.05, 3.63) is 28.9 Å². The molecular weight excluding hydrogens is 190 g/mol. The Bertz CT molecular complexity index is 476. The van der Waals surface area contributed by atoms with Crippen molar-refractivity contribution in [2.75, 3.05) is 0 Å². The fourth-order valence-corrected chi connectivity index (χ4v) is 1.54. The van der Waals surface area contributed by atoms with E-state index in [1.807, 2.05) is 0 Å². The highest BCUT2D eigenvalue weighted by Gasteiger charge is 2.08. The lowest BCUT2D eigenvalue weighted by molar-refractivity contribution is 0.112. The van der Waals surface area contributed by atoms with Crippen LogP contribution in [0.5, 0.6) is 5.75 Å². The lowest BCUT2D eigenvalue weighted by atomic mass is 10.2. The second-order valence-electron chi connectivity index (χ2n) is 2.71. The first-order chi connectivity index (χ1) is 6.22. The van der Waals surface area contributed by atoms with Crippen LogP contribution >= 0.6 is 11.6 Å². The number of aromatic amines is 1. The molecule has 0 spiro atoms. The van der Waals surface area contributed by atoms with Gasteiger partial charge in [0.2, 0.25) is 0 Å². The van der Waals surface area contributed by atoms with Crippen LogP contribution in [0.25, 0.3) is 10.9 Å². The lowest BCUT2D eigenvalue weighted by Gasteiger charge is -1.96. The summed E-state index contributed by atoms with van der Waals surface area (Å²) in [6, 6.07) is 3.06. The molecule has 13 heavy (non-hydrogen) atoms. The summed E-state index contributed by atoms with van der Waals surface area (Å²) < 4.78 is 0. The van der Waals surface area contributed by atoms with Crippen molar-refractivity contribution in [3.8, 4) is 5.75 Å². The molecule has 0 aliphatic carbocycles. The molecule has 2 N–H and O–H groups in total. The van der Waals surface area contributed by atoms with E-state index in [0.29, 0.717) is 27.8 Å². The first-order valence-electron chi connectivity index (χ1n) is 3.67. The summed E-state index contributed by atoms with van der Waals surface area (Å²) in [6.07, 6.45) is 2.22. The van der Waals surface area contributed by atoms with E-state index in [-0.39, 0.29) is 5.75 Å². The molecule has 0 bridgehead atoms. The van der Waals surface area contributed by atoms with Gasteiger partial charge in [-0.1, -0.05) is 11.6 Å². The third kappa shape index (κ3) is 1.17. The number of H-pyrrole nitrogens is 1. The smallest absolute Gasteiger partial charge is 0.152 e. The van der Waals surface area contributed by atoms with E-state index >= 15 is 0 Å². The van der Waals surface area contributed by atoms with Gasteiger partial charge in [-0.15, -0.1) is 0 Å². The van der Waals surface area contributed by atoms with Gasteiger partial charge in [0, 0.05) is 16.8 Å². The molecule has 3 nitrogen and oxygen atoms in total. The Hall–Kier alpha value is -1.48. The third-order valence-electron chi connectivity index (χ3n) is 1.88. The molecule has 1 heterocycles. The molecule has 0 aliphatic heterocycles. The fraction of sp³-hybridized carbons (Fsp3) is 0. The Labute approximate surface area is 78.9 Å². The topological polar surface area (TPSA) is 53.1 Å². The Kier molecular flexibility index (Phi) is 1.74.